The molecule has 1 aliphatic rings. The van der Waals surface area contributed by atoms with E-state index in [2.05, 4.69) is 26.0 Å². The van der Waals surface area contributed by atoms with Crippen LogP contribution in [0, 0.1) is 19.8 Å². The van der Waals surface area contributed by atoms with Crippen molar-refractivity contribution in [3.63, 3.8) is 0 Å². The number of aryl methyl sites for hydroxylation is 4. The predicted octanol–water partition coefficient (Wildman–Crippen LogP) is 4.39. The van der Waals surface area contributed by atoms with E-state index in [9.17, 15) is 9.59 Å². The number of rotatable bonds is 5. The molecule has 1 heterocycles. The van der Waals surface area contributed by atoms with Crippen LogP contribution in [0.4, 0.5) is 5.69 Å². The number of carbonyl (C=O) groups excluding carboxylic acids is 2. The van der Waals surface area contributed by atoms with Gasteiger partial charge in [0.1, 0.15) is 5.75 Å². The second-order valence-electron chi connectivity index (χ2n) is 7.28. The van der Waals surface area contributed by atoms with Gasteiger partial charge < -0.3 is 9.64 Å². The fourth-order valence-electron chi connectivity index (χ4n) is 3.83. The number of hydrogen-bond donors (Lipinski definition) is 0. The molecular formula is C23H27NO3. The molecule has 1 saturated heterocycles. The summed E-state index contributed by atoms with van der Waals surface area (Å²) in [6.45, 7) is 8.50. The van der Waals surface area contributed by atoms with Crippen LogP contribution in [-0.2, 0) is 22.4 Å². The lowest BCUT2D eigenvalue weighted by atomic mass is 10.0. The van der Waals surface area contributed by atoms with Crippen LogP contribution in [-0.4, -0.2) is 18.4 Å². The summed E-state index contributed by atoms with van der Waals surface area (Å²) < 4.78 is 5.59. The third kappa shape index (κ3) is 4.05. The van der Waals surface area contributed by atoms with E-state index in [0.29, 0.717) is 12.3 Å². The van der Waals surface area contributed by atoms with Crippen molar-refractivity contribution in [1.29, 1.82) is 0 Å². The largest absolute Gasteiger partial charge is 0.426 e. The Balaban J connectivity index is 1.80. The molecule has 1 amide bonds. The van der Waals surface area contributed by atoms with Crippen LogP contribution >= 0.6 is 0 Å². The number of hydrogen-bond acceptors (Lipinski definition) is 3. The van der Waals surface area contributed by atoms with Crippen LogP contribution < -0.4 is 9.64 Å². The van der Waals surface area contributed by atoms with Gasteiger partial charge in [-0.25, -0.2) is 0 Å². The van der Waals surface area contributed by atoms with Crippen LogP contribution in [0.2, 0.25) is 0 Å². The van der Waals surface area contributed by atoms with Gasteiger partial charge in [0.25, 0.3) is 0 Å². The maximum absolute atomic E-state index is 12.7. The lowest BCUT2D eigenvalue weighted by Gasteiger charge is -2.23. The first-order valence-corrected chi connectivity index (χ1v) is 9.64. The van der Waals surface area contributed by atoms with E-state index < -0.39 is 5.92 Å². The highest BCUT2D eigenvalue weighted by atomic mass is 16.5. The molecule has 3 rings (SSSR count). The fourth-order valence-corrected chi connectivity index (χ4v) is 3.83. The molecule has 0 radical (unpaired) electrons. The fraction of sp³-hybridized carbons (Fsp3) is 0.391. The monoisotopic (exact) mass is 365 g/mol. The summed E-state index contributed by atoms with van der Waals surface area (Å²) in [5, 5.41) is 0. The molecule has 0 spiro atoms. The summed E-state index contributed by atoms with van der Waals surface area (Å²) in [5.74, 6) is -0.226. The molecular weight excluding hydrogens is 338 g/mol. The zero-order chi connectivity index (χ0) is 19.6. The number of para-hydroxylation sites is 1. The van der Waals surface area contributed by atoms with Crippen molar-refractivity contribution in [2.24, 2.45) is 5.92 Å². The Bertz CT molecular complexity index is 829. The van der Waals surface area contributed by atoms with Gasteiger partial charge in [-0.05, 0) is 61.1 Å². The first-order valence-electron chi connectivity index (χ1n) is 9.64. The van der Waals surface area contributed by atoms with Crippen LogP contribution in [0.5, 0.6) is 5.75 Å². The number of benzene rings is 2. The second kappa shape index (κ2) is 7.95. The Labute approximate surface area is 161 Å². The van der Waals surface area contributed by atoms with Crippen LogP contribution in [0.25, 0.3) is 0 Å². The summed E-state index contributed by atoms with van der Waals surface area (Å²) in [6, 6.07) is 11.9. The maximum Gasteiger partial charge on any atom is 0.316 e. The van der Waals surface area contributed by atoms with E-state index >= 15 is 0 Å². The molecule has 142 valence electrons. The van der Waals surface area contributed by atoms with E-state index in [1.54, 1.807) is 4.90 Å². The number of carbonyl (C=O) groups is 2. The molecule has 0 aromatic heterocycles. The van der Waals surface area contributed by atoms with E-state index in [0.717, 1.165) is 40.8 Å². The van der Waals surface area contributed by atoms with Crippen LogP contribution in [0.3, 0.4) is 0 Å². The van der Waals surface area contributed by atoms with Crippen molar-refractivity contribution in [2.75, 3.05) is 11.4 Å². The second-order valence-corrected chi connectivity index (χ2v) is 7.28. The van der Waals surface area contributed by atoms with Crippen molar-refractivity contribution >= 4 is 17.6 Å². The Hall–Kier alpha value is -2.62. The minimum absolute atomic E-state index is 0.00651. The SMILES string of the molecule is CCc1cccc(CC)c1N1C[C@H](C(=O)Oc2cc(C)cc(C)c2)CC1=O. The molecule has 0 bridgehead atoms. The highest BCUT2D eigenvalue weighted by Crippen LogP contribution is 2.33. The van der Waals surface area contributed by atoms with Gasteiger partial charge in [0.2, 0.25) is 5.91 Å². The zero-order valence-corrected chi connectivity index (χ0v) is 16.5. The average molecular weight is 365 g/mol. The van der Waals surface area contributed by atoms with Gasteiger partial charge in [0, 0.05) is 18.7 Å². The van der Waals surface area contributed by atoms with Crippen molar-refractivity contribution in [3.05, 3.63) is 58.7 Å². The molecule has 0 N–H and O–H groups in total. The first-order chi connectivity index (χ1) is 12.9. The first kappa shape index (κ1) is 19.2. The Kier molecular flexibility index (Phi) is 5.64. The number of esters is 1. The van der Waals surface area contributed by atoms with Gasteiger partial charge in [-0.15, -0.1) is 0 Å². The van der Waals surface area contributed by atoms with Gasteiger partial charge in [-0.2, -0.15) is 0 Å². The molecule has 4 nitrogen and oxygen atoms in total. The standard InChI is InChI=1S/C23H27NO3/c1-5-17-8-7-9-18(6-2)22(17)24-14-19(13-21(24)25)23(26)27-20-11-15(3)10-16(4)12-20/h7-12,19H,5-6,13-14H2,1-4H3/t19-/m1/s1. The third-order valence-corrected chi connectivity index (χ3v) is 5.11. The van der Waals surface area contributed by atoms with Crippen molar-refractivity contribution in [1.82, 2.24) is 0 Å². The number of amides is 1. The summed E-state index contributed by atoms with van der Waals surface area (Å²) >= 11 is 0. The number of ether oxygens (including phenoxy) is 1. The van der Waals surface area contributed by atoms with Gasteiger partial charge in [0.15, 0.2) is 0 Å². The summed E-state index contributed by atoms with van der Waals surface area (Å²) in [4.78, 5) is 27.2. The van der Waals surface area contributed by atoms with E-state index in [4.69, 9.17) is 4.74 Å². The summed E-state index contributed by atoms with van der Waals surface area (Å²) in [5.41, 5.74) is 5.36. The molecule has 2 aromatic carbocycles. The molecule has 0 aliphatic carbocycles. The Morgan fingerprint density at radius 3 is 2.22 bits per heavy atom. The minimum atomic E-state index is -0.437. The number of anilines is 1. The van der Waals surface area contributed by atoms with Crippen molar-refractivity contribution in [2.45, 2.75) is 47.0 Å². The van der Waals surface area contributed by atoms with E-state index in [-0.39, 0.29) is 18.3 Å². The summed E-state index contributed by atoms with van der Waals surface area (Å²) in [7, 11) is 0. The van der Waals surface area contributed by atoms with Gasteiger partial charge in [0.05, 0.1) is 5.92 Å². The highest BCUT2D eigenvalue weighted by Gasteiger charge is 2.37. The number of nitrogens with zero attached hydrogens (tertiary/aromatic N) is 1. The van der Waals surface area contributed by atoms with Crippen LogP contribution in [0.15, 0.2) is 36.4 Å². The molecule has 1 atom stereocenters. The molecule has 2 aromatic rings. The van der Waals surface area contributed by atoms with Gasteiger partial charge >= 0.3 is 5.97 Å². The molecule has 27 heavy (non-hydrogen) atoms. The molecule has 4 heteroatoms. The van der Waals surface area contributed by atoms with Crippen molar-refractivity contribution in [3.8, 4) is 5.75 Å². The smallest absolute Gasteiger partial charge is 0.316 e. The van der Waals surface area contributed by atoms with Crippen LogP contribution in [0.1, 0.15) is 42.5 Å². The van der Waals surface area contributed by atoms with Crippen molar-refractivity contribution < 1.29 is 14.3 Å². The molecule has 0 unspecified atom stereocenters. The topological polar surface area (TPSA) is 46.6 Å². The highest BCUT2D eigenvalue weighted by molar-refractivity contribution is 6.00. The minimum Gasteiger partial charge on any atom is -0.426 e. The molecule has 1 aliphatic heterocycles. The quantitative estimate of drug-likeness (QED) is 0.583. The maximum atomic E-state index is 12.7. The summed E-state index contributed by atoms with van der Waals surface area (Å²) in [6.07, 6.45) is 1.90. The lowest BCUT2D eigenvalue weighted by Crippen LogP contribution is -2.29. The van der Waals surface area contributed by atoms with Gasteiger partial charge in [-0.3, -0.25) is 9.59 Å². The van der Waals surface area contributed by atoms with Gasteiger partial charge in [-0.1, -0.05) is 38.1 Å². The zero-order valence-electron chi connectivity index (χ0n) is 16.5. The average Bonchev–Trinajstić information content (AvgIpc) is 3.01. The predicted molar refractivity (Wildman–Crippen MR) is 107 cm³/mol. The third-order valence-electron chi connectivity index (χ3n) is 5.11. The molecule has 1 fully saturated rings. The lowest BCUT2D eigenvalue weighted by molar-refractivity contribution is -0.139. The van der Waals surface area contributed by atoms with E-state index in [1.807, 2.05) is 38.1 Å². The normalized spacial score (nSPS) is 16.7. The Morgan fingerprint density at radius 2 is 1.67 bits per heavy atom. The van der Waals surface area contributed by atoms with E-state index in [1.165, 1.54) is 0 Å². The Morgan fingerprint density at radius 1 is 1.07 bits per heavy atom. The molecule has 0 saturated carbocycles.